The zero-order valence-corrected chi connectivity index (χ0v) is 11.5. The molecule has 0 amide bonds. The molecule has 4 heteroatoms. The molecule has 1 heterocycles. The highest BCUT2D eigenvalue weighted by Crippen LogP contribution is 2.35. The van der Waals surface area contributed by atoms with E-state index >= 15 is 0 Å². The van der Waals surface area contributed by atoms with Gasteiger partial charge in [0.15, 0.2) is 0 Å². The molecule has 1 aromatic rings. The maximum atomic E-state index is 13.9. The number of hydrogen-bond acceptors (Lipinski definition) is 2. The number of ether oxygens (including phenoxy) is 1. The predicted octanol–water partition coefficient (Wildman–Crippen LogP) is 3.28. The van der Waals surface area contributed by atoms with Crippen LogP contribution in [0.25, 0.3) is 0 Å². The van der Waals surface area contributed by atoms with E-state index in [0.717, 1.165) is 30.5 Å². The maximum absolute atomic E-state index is 13.9. The third-order valence-electron chi connectivity index (χ3n) is 3.18. The molecular formula is C13H17BrFNO. The highest BCUT2D eigenvalue weighted by atomic mass is 79.9. The molecule has 2 atom stereocenters. The molecular weight excluding hydrogens is 285 g/mol. The minimum Gasteiger partial charge on any atom is -0.373 e. The van der Waals surface area contributed by atoms with Crippen molar-refractivity contribution in [3.8, 4) is 0 Å². The van der Waals surface area contributed by atoms with E-state index in [-0.39, 0.29) is 11.9 Å². The van der Waals surface area contributed by atoms with Crippen LogP contribution in [0.15, 0.2) is 22.7 Å². The standard InChI is InChI=1S/C13H17BrFNO/c1-16-8-9-3-2-6-17-13(9)11-5-4-10(14)7-12(11)15/h4-5,7,9,13,16H,2-3,6,8H2,1H3. The summed E-state index contributed by atoms with van der Waals surface area (Å²) in [6, 6.07) is 5.19. The van der Waals surface area contributed by atoms with Crippen molar-refractivity contribution >= 4 is 15.9 Å². The molecule has 1 N–H and O–H groups in total. The van der Waals surface area contributed by atoms with Crippen LogP contribution in [0.3, 0.4) is 0 Å². The smallest absolute Gasteiger partial charge is 0.130 e. The van der Waals surface area contributed by atoms with Gasteiger partial charge < -0.3 is 10.1 Å². The van der Waals surface area contributed by atoms with Crippen LogP contribution in [-0.2, 0) is 4.74 Å². The second-order valence-corrected chi connectivity index (χ2v) is 5.33. The highest BCUT2D eigenvalue weighted by molar-refractivity contribution is 9.10. The van der Waals surface area contributed by atoms with Crippen LogP contribution in [0.4, 0.5) is 4.39 Å². The van der Waals surface area contributed by atoms with Gasteiger partial charge in [0.05, 0.1) is 6.10 Å². The quantitative estimate of drug-likeness (QED) is 0.925. The van der Waals surface area contributed by atoms with E-state index in [1.165, 1.54) is 6.07 Å². The summed E-state index contributed by atoms with van der Waals surface area (Å²) < 4.78 is 20.4. The molecule has 1 aromatic carbocycles. The van der Waals surface area contributed by atoms with Crippen molar-refractivity contribution in [1.29, 1.82) is 0 Å². The van der Waals surface area contributed by atoms with Crippen molar-refractivity contribution < 1.29 is 9.13 Å². The average Bonchev–Trinajstić information content (AvgIpc) is 2.31. The Morgan fingerprint density at radius 2 is 2.35 bits per heavy atom. The first-order valence-corrected chi connectivity index (χ1v) is 6.73. The number of hydrogen-bond donors (Lipinski definition) is 1. The zero-order valence-electron chi connectivity index (χ0n) is 9.88. The van der Waals surface area contributed by atoms with Gasteiger partial charge in [-0.15, -0.1) is 0 Å². The van der Waals surface area contributed by atoms with Gasteiger partial charge in [-0.2, -0.15) is 0 Å². The molecule has 2 nitrogen and oxygen atoms in total. The SMILES string of the molecule is CNCC1CCCOC1c1ccc(Br)cc1F. The Kier molecular flexibility index (Phi) is 4.54. The molecule has 1 aliphatic heterocycles. The zero-order chi connectivity index (χ0) is 12.3. The largest absolute Gasteiger partial charge is 0.373 e. The lowest BCUT2D eigenvalue weighted by atomic mass is 9.89. The molecule has 0 aliphatic carbocycles. The molecule has 0 aromatic heterocycles. The molecule has 0 saturated carbocycles. The fourth-order valence-corrected chi connectivity index (χ4v) is 2.72. The Morgan fingerprint density at radius 3 is 3.06 bits per heavy atom. The second kappa shape index (κ2) is 5.94. The summed E-state index contributed by atoms with van der Waals surface area (Å²) >= 11 is 3.27. The van der Waals surface area contributed by atoms with Crippen LogP contribution >= 0.6 is 15.9 Å². The summed E-state index contributed by atoms with van der Waals surface area (Å²) in [5, 5.41) is 3.16. The Labute approximate surface area is 110 Å². The Balaban J connectivity index is 2.23. The lowest BCUT2D eigenvalue weighted by molar-refractivity contribution is -0.0291. The Bertz CT molecular complexity index is 384. The van der Waals surface area contributed by atoms with Crippen molar-refractivity contribution in [3.05, 3.63) is 34.1 Å². The van der Waals surface area contributed by atoms with Crippen molar-refractivity contribution in [3.63, 3.8) is 0 Å². The highest BCUT2D eigenvalue weighted by Gasteiger charge is 2.28. The molecule has 2 unspecified atom stereocenters. The summed E-state index contributed by atoms with van der Waals surface area (Å²) in [6.07, 6.45) is 2.02. The van der Waals surface area contributed by atoms with E-state index in [0.29, 0.717) is 11.5 Å². The number of benzene rings is 1. The monoisotopic (exact) mass is 301 g/mol. The van der Waals surface area contributed by atoms with E-state index < -0.39 is 0 Å². The predicted molar refractivity (Wildman–Crippen MR) is 69.4 cm³/mol. The summed E-state index contributed by atoms with van der Waals surface area (Å²) in [5.74, 6) is 0.164. The third-order valence-corrected chi connectivity index (χ3v) is 3.67. The van der Waals surface area contributed by atoms with Gasteiger partial charge >= 0.3 is 0 Å². The minimum atomic E-state index is -0.188. The average molecular weight is 302 g/mol. The van der Waals surface area contributed by atoms with Crippen molar-refractivity contribution in [2.24, 2.45) is 5.92 Å². The van der Waals surface area contributed by atoms with Gasteiger partial charge in [0.25, 0.3) is 0 Å². The molecule has 0 spiro atoms. The summed E-state index contributed by atoms with van der Waals surface area (Å²) in [4.78, 5) is 0. The molecule has 17 heavy (non-hydrogen) atoms. The fraction of sp³-hybridized carbons (Fsp3) is 0.538. The molecule has 1 aliphatic rings. The van der Waals surface area contributed by atoms with Crippen LogP contribution < -0.4 is 5.32 Å². The van der Waals surface area contributed by atoms with E-state index in [2.05, 4.69) is 21.2 Å². The van der Waals surface area contributed by atoms with E-state index in [1.807, 2.05) is 19.2 Å². The van der Waals surface area contributed by atoms with Crippen LogP contribution in [0.2, 0.25) is 0 Å². The lowest BCUT2D eigenvalue weighted by Crippen LogP contribution is -2.30. The van der Waals surface area contributed by atoms with E-state index in [9.17, 15) is 4.39 Å². The molecule has 0 bridgehead atoms. The van der Waals surface area contributed by atoms with Gasteiger partial charge in [0.2, 0.25) is 0 Å². The van der Waals surface area contributed by atoms with Gasteiger partial charge in [-0.1, -0.05) is 22.0 Å². The summed E-state index contributed by atoms with van der Waals surface area (Å²) in [5.41, 5.74) is 0.674. The number of halogens is 2. The molecule has 0 radical (unpaired) electrons. The minimum absolute atomic E-state index is 0.121. The van der Waals surface area contributed by atoms with E-state index in [4.69, 9.17) is 4.74 Å². The van der Waals surface area contributed by atoms with Crippen molar-refractivity contribution in [2.45, 2.75) is 18.9 Å². The topological polar surface area (TPSA) is 21.3 Å². The summed E-state index contributed by atoms with van der Waals surface area (Å²) in [7, 11) is 1.92. The maximum Gasteiger partial charge on any atom is 0.130 e. The van der Waals surface area contributed by atoms with Crippen LogP contribution in [0.1, 0.15) is 24.5 Å². The van der Waals surface area contributed by atoms with Crippen molar-refractivity contribution in [1.82, 2.24) is 5.32 Å². The van der Waals surface area contributed by atoms with Gasteiger partial charge in [-0.05, 0) is 32.0 Å². The van der Waals surface area contributed by atoms with Crippen LogP contribution in [0.5, 0.6) is 0 Å². The molecule has 2 rings (SSSR count). The molecule has 94 valence electrons. The second-order valence-electron chi connectivity index (χ2n) is 4.42. The lowest BCUT2D eigenvalue weighted by Gasteiger charge is -2.32. The third kappa shape index (κ3) is 3.06. The number of nitrogens with one attached hydrogen (secondary N) is 1. The van der Waals surface area contributed by atoms with Crippen molar-refractivity contribution in [2.75, 3.05) is 20.2 Å². The first kappa shape index (κ1) is 13.0. The Hall–Kier alpha value is -0.450. The first-order chi connectivity index (χ1) is 8.22. The van der Waals surface area contributed by atoms with Gasteiger partial charge in [-0.25, -0.2) is 4.39 Å². The Morgan fingerprint density at radius 1 is 1.53 bits per heavy atom. The van der Waals surface area contributed by atoms with Crippen LogP contribution in [0, 0.1) is 11.7 Å². The normalized spacial score (nSPS) is 24.9. The van der Waals surface area contributed by atoms with E-state index in [1.54, 1.807) is 0 Å². The van der Waals surface area contributed by atoms with Gasteiger partial charge in [0, 0.05) is 29.1 Å². The van der Waals surface area contributed by atoms with Gasteiger partial charge in [-0.3, -0.25) is 0 Å². The number of rotatable bonds is 3. The molecule has 1 saturated heterocycles. The first-order valence-electron chi connectivity index (χ1n) is 5.93. The molecule has 1 fully saturated rings. The van der Waals surface area contributed by atoms with Crippen LogP contribution in [-0.4, -0.2) is 20.2 Å². The van der Waals surface area contributed by atoms with Gasteiger partial charge in [0.1, 0.15) is 5.82 Å². The fourth-order valence-electron chi connectivity index (χ4n) is 2.39. The summed E-state index contributed by atoms with van der Waals surface area (Å²) in [6.45, 7) is 1.58.